The van der Waals surface area contributed by atoms with Crippen LogP contribution in [0.3, 0.4) is 0 Å². The van der Waals surface area contributed by atoms with Gasteiger partial charge in [0.25, 0.3) is 0 Å². The van der Waals surface area contributed by atoms with Crippen LogP contribution in [0.25, 0.3) is 0 Å². The summed E-state index contributed by atoms with van der Waals surface area (Å²) in [6, 6.07) is 1.99. The SMILES string of the molecule is CCCc1cc2c(c3c1OCO3)OCO2. The number of rotatable bonds is 2. The van der Waals surface area contributed by atoms with E-state index in [2.05, 4.69) is 6.92 Å². The molecular weight excluding hydrogens is 196 g/mol. The van der Waals surface area contributed by atoms with Gasteiger partial charge in [0.05, 0.1) is 0 Å². The first kappa shape index (κ1) is 8.71. The van der Waals surface area contributed by atoms with Crippen molar-refractivity contribution in [1.29, 1.82) is 0 Å². The van der Waals surface area contributed by atoms with Crippen LogP contribution in [0.4, 0.5) is 0 Å². The summed E-state index contributed by atoms with van der Waals surface area (Å²) in [5.74, 6) is 2.97. The molecule has 0 radical (unpaired) electrons. The molecule has 0 saturated carbocycles. The van der Waals surface area contributed by atoms with Crippen molar-refractivity contribution in [3.8, 4) is 23.0 Å². The number of ether oxygens (including phenoxy) is 4. The van der Waals surface area contributed by atoms with E-state index >= 15 is 0 Å². The fourth-order valence-electron chi connectivity index (χ4n) is 1.94. The third-order valence-electron chi connectivity index (χ3n) is 2.58. The van der Waals surface area contributed by atoms with Gasteiger partial charge in [-0.3, -0.25) is 0 Å². The Balaban J connectivity index is 2.14. The Kier molecular flexibility index (Phi) is 1.87. The highest BCUT2D eigenvalue weighted by molar-refractivity contribution is 5.64. The van der Waals surface area contributed by atoms with Crippen molar-refractivity contribution in [3.63, 3.8) is 0 Å². The first-order valence-electron chi connectivity index (χ1n) is 5.11. The third-order valence-corrected chi connectivity index (χ3v) is 2.58. The molecule has 2 aliphatic heterocycles. The normalized spacial score (nSPS) is 15.8. The average Bonchev–Trinajstić information content (AvgIpc) is 2.84. The van der Waals surface area contributed by atoms with Crippen molar-refractivity contribution in [3.05, 3.63) is 11.6 Å². The molecule has 0 aromatic heterocycles. The molecular formula is C11H12O4. The topological polar surface area (TPSA) is 36.9 Å². The number of benzene rings is 1. The highest BCUT2D eigenvalue weighted by atomic mass is 16.7. The second kappa shape index (κ2) is 3.22. The fourth-order valence-corrected chi connectivity index (χ4v) is 1.94. The fraction of sp³-hybridized carbons (Fsp3) is 0.455. The van der Waals surface area contributed by atoms with Crippen molar-refractivity contribution in [2.24, 2.45) is 0 Å². The summed E-state index contributed by atoms with van der Waals surface area (Å²) in [6.07, 6.45) is 2.03. The molecule has 0 amide bonds. The van der Waals surface area contributed by atoms with E-state index in [1.807, 2.05) is 6.07 Å². The van der Waals surface area contributed by atoms with Gasteiger partial charge in [0, 0.05) is 5.56 Å². The van der Waals surface area contributed by atoms with Gasteiger partial charge in [-0.25, -0.2) is 0 Å². The Morgan fingerprint density at radius 2 is 1.73 bits per heavy atom. The molecule has 2 aliphatic rings. The van der Waals surface area contributed by atoms with Gasteiger partial charge < -0.3 is 18.9 Å². The van der Waals surface area contributed by atoms with Gasteiger partial charge >= 0.3 is 0 Å². The van der Waals surface area contributed by atoms with E-state index in [1.54, 1.807) is 0 Å². The van der Waals surface area contributed by atoms with Crippen LogP contribution in [-0.4, -0.2) is 13.6 Å². The van der Waals surface area contributed by atoms with Crippen LogP contribution in [0.5, 0.6) is 23.0 Å². The Bertz CT molecular complexity index is 400. The van der Waals surface area contributed by atoms with E-state index in [0.29, 0.717) is 11.5 Å². The van der Waals surface area contributed by atoms with Crippen LogP contribution >= 0.6 is 0 Å². The van der Waals surface area contributed by atoms with Gasteiger partial charge in [0.2, 0.25) is 25.1 Å². The number of fused-ring (bicyclic) bond motifs is 3. The van der Waals surface area contributed by atoms with Crippen LogP contribution in [0.2, 0.25) is 0 Å². The lowest BCUT2D eigenvalue weighted by Gasteiger charge is -2.06. The zero-order valence-electron chi connectivity index (χ0n) is 8.54. The van der Waals surface area contributed by atoms with E-state index < -0.39 is 0 Å². The summed E-state index contributed by atoms with van der Waals surface area (Å²) in [6.45, 7) is 2.67. The van der Waals surface area contributed by atoms with E-state index in [-0.39, 0.29) is 13.6 Å². The summed E-state index contributed by atoms with van der Waals surface area (Å²) in [4.78, 5) is 0. The van der Waals surface area contributed by atoms with Crippen molar-refractivity contribution in [2.75, 3.05) is 13.6 Å². The molecule has 0 saturated heterocycles. The summed E-state index contributed by atoms with van der Waals surface area (Å²) >= 11 is 0. The molecule has 0 spiro atoms. The lowest BCUT2D eigenvalue weighted by molar-refractivity contribution is 0.156. The maximum absolute atomic E-state index is 5.45. The molecule has 0 atom stereocenters. The molecule has 80 valence electrons. The second-order valence-electron chi connectivity index (χ2n) is 3.58. The summed E-state index contributed by atoms with van der Waals surface area (Å²) in [5, 5.41) is 0. The molecule has 0 bridgehead atoms. The maximum Gasteiger partial charge on any atom is 0.231 e. The van der Waals surface area contributed by atoms with Gasteiger partial charge in [0.1, 0.15) is 0 Å². The van der Waals surface area contributed by atoms with E-state index in [0.717, 1.165) is 29.9 Å². The van der Waals surface area contributed by atoms with E-state index in [1.165, 1.54) is 0 Å². The van der Waals surface area contributed by atoms with Crippen LogP contribution in [0, 0.1) is 0 Å². The van der Waals surface area contributed by atoms with Gasteiger partial charge in [-0.15, -0.1) is 0 Å². The predicted molar refractivity (Wildman–Crippen MR) is 52.7 cm³/mol. The van der Waals surface area contributed by atoms with Gasteiger partial charge in [-0.1, -0.05) is 13.3 Å². The van der Waals surface area contributed by atoms with Crippen molar-refractivity contribution >= 4 is 0 Å². The summed E-state index contributed by atoms with van der Waals surface area (Å²) in [5.41, 5.74) is 1.13. The Labute approximate surface area is 87.7 Å². The Morgan fingerprint density at radius 1 is 1.00 bits per heavy atom. The van der Waals surface area contributed by atoms with Crippen LogP contribution in [0.1, 0.15) is 18.9 Å². The molecule has 15 heavy (non-hydrogen) atoms. The van der Waals surface area contributed by atoms with Crippen LogP contribution in [0.15, 0.2) is 6.07 Å². The zero-order valence-corrected chi connectivity index (χ0v) is 8.54. The highest BCUT2D eigenvalue weighted by Crippen LogP contribution is 2.51. The molecule has 0 fully saturated rings. The predicted octanol–water partition coefficient (Wildman–Crippen LogP) is 2.10. The highest BCUT2D eigenvalue weighted by Gasteiger charge is 2.29. The van der Waals surface area contributed by atoms with E-state index in [9.17, 15) is 0 Å². The smallest absolute Gasteiger partial charge is 0.231 e. The molecule has 3 rings (SSSR count). The molecule has 0 aliphatic carbocycles. The van der Waals surface area contributed by atoms with Crippen molar-refractivity contribution in [2.45, 2.75) is 19.8 Å². The van der Waals surface area contributed by atoms with Gasteiger partial charge in [0.15, 0.2) is 11.5 Å². The minimum Gasteiger partial charge on any atom is -0.453 e. The lowest BCUT2D eigenvalue weighted by atomic mass is 10.1. The number of hydrogen-bond donors (Lipinski definition) is 0. The monoisotopic (exact) mass is 208 g/mol. The second-order valence-corrected chi connectivity index (χ2v) is 3.58. The first-order valence-corrected chi connectivity index (χ1v) is 5.11. The quantitative estimate of drug-likeness (QED) is 0.745. The summed E-state index contributed by atoms with van der Waals surface area (Å²) < 4.78 is 21.6. The average molecular weight is 208 g/mol. The summed E-state index contributed by atoms with van der Waals surface area (Å²) in [7, 11) is 0. The molecule has 1 aromatic rings. The maximum atomic E-state index is 5.45. The molecule has 4 nitrogen and oxygen atoms in total. The van der Waals surface area contributed by atoms with Crippen LogP contribution < -0.4 is 18.9 Å². The standard InChI is InChI=1S/C11H12O4/c1-2-3-7-4-8-10(14-5-12-8)11-9(7)13-6-15-11/h4H,2-3,5-6H2,1H3. The molecule has 4 heteroatoms. The number of hydrogen-bond acceptors (Lipinski definition) is 4. The molecule has 1 aromatic carbocycles. The number of aryl methyl sites for hydroxylation is 1. The van der Waals surface area contributed by atoms with E-state index in [4.69, 9.17) is 18.9 Å². The largest absolute Gasteiger partial charge is 0.453 e. The third kappa shape index (κ3) is 1.21. The van der Waals surface area contributed by atoms with Gasteiger partial charge in [-0.2, -0.15) is 0 Å². The minimum absolute atomic E-state index is 0.265. The van der Waals surface area contributed by atoms with Crippen LogP contribution in [-0.2, 0) is 6.42 Å². The Hall–Kier alpha value is -1.58. The first-order chi connectivity index (χ1) is 7.40. The van der Waals surface area contributed by atoms with Gasteiger partial charge in [-0.05, 0) is 12.5 Å². The van der Waals surface area contributed by atoms with Crippen molar-refractivity contribution < 1.29 is 18.9 Å². The lowest BCUT2D eigenvalue weighted by Crippen LogP contribution is -1.96. The molecule has 2 heterocycles. The Morgan fingerprint density at radius 3 is 2.60 bits per heavy atom. The molecule has 0 N–H and O–H groups in total. The zero-order chi connectivity index (χ0) is 10.3. The van der Waals surface area contributed by atoms with Crippen molar-refractivity contribution in [1.82, 2.24) is 0 Å². The minimum atomic E-state index is 0.265. The molecule has 0 unspecified atom stereocenters.